The van der Waals surface area contributed by atoms with E-state index in [1.807, 2.05) is 0 Å². The second-order valence-electron chi connectivity index (χ2n) is 9.07. The molecule has 0 saturated heterocycles. The number of H-pyrrole nitrogens is 1. The van der Waals surface area contributed by atoms with Gasteiger partial charge in [-0.05, 0) is 55.2 Å². The normalized spacial score (nSPS) is 20.2. The zero-order valence-electron chi connectivity index (χ0n) is 18.2. The van der Waals surface area contributed by atoms with E-state index in [9.17, 15) is 13.2 Å². The van der Waals surface area contributed by atoms with Crippen molar-refractivity contribution in [1.82, 2.24) is 20.3 Å². The molecule has 0 saturated carbocycles. The average Bonchev–Trinajstić information content (AvgIpc) is 3.37. The van der Waals surface area contributed by atoms with Crippen LogP contribution in [0.15, 0.2) is 30.6 Å². The number of fused-ring (bicyclic) bond motifs is 4. The maximum atomic E-state index is 12.8. The lowest BCUT2D eigenvalue weighted by Gasteiger charge is -2.22. The molecular weight excluding hydrogens is 424 g/mol. The molecule has 0 aliphatic heterocycles. The summed E-state index contributed by atoms with van der Waals surface area (Å²) in [5.74, 6) is 0.224. The highest BCUT2D eigenvalue weighted by Gasteiger charge is 2.32. The Morgan fingerprint density at radius 1 is 1.19 bits per heavy atom. The van der Waals surface area contributed by atoms with Gasteiger partial charge in [0.15, 0.2) is 0 Å². The number of carbonyl (C=O) groups is 1. The number of aromatic nitrogens is 3. The van der Waals surface area contributed by atoms with Gasteiger partial charge in [-0.1, -0.05) is 24.3 Å². The van der Waals surface area contributed by atoms with E-state index >= 15 is 0 Å². The molecule has 168 valence electrons. The van der Waals surface area contributed by atoms with E-state index in [0.29, 0.717) is 19.4 Å². The van der Waals surface area contributed by atoms with Crippen molar-refractivity contribution in [2.45, 2.75) is 44.4 Å². The summed E-state index contributed by atoms with van der Waals surface area (Å²) >= 11 is 0. The van der Waals surface area contributed by atoms with Crippen LogP contribution in [-0.2, 0) is 33.9 Å². The molecule has 0 fully saturated rings. The van der Waals surface area contributed by atoms with E-state index in [2.05, 4.69) is 39.6 Å². The first-order valence-electron chi connectivity index (χ1n) is 11.3. The largest absolute Gasteiger partial charge is 0.356 e. The fourth-order valence-electron chi connectivity index (χ4n) is 5.29. The number of nitrogens with one attached hydrogen (secondary N) is 2. The van der Waals surface area contributed by atoms with Crippen LogP contribution in [0.3, 0.4) is 0 Å². The van der Waals surface area contributed by atoms with Gasteiger partial charge < -0.3 is 10.3 Å². The molecular formula is C24H28N4O3S. The highest BCUT2D eigenvalue weighted by atomic mass is 32.2. The second kappa shape index (κ2) is 8.31. The Labute approximate surface area is 188 Å². The Bertz CT molecular complexity index is 1280. The number of sulfone groups is 1. The maximum Gasteiger partial charge on any atom is 0.223 e. The quantitative estimate of drug-likeness (QED) is 0.560. The van der Waals surface area contributed by atoms with Crippen LogP contribution in [0.25, 0.3) is 11.0 Å². The van der Waals surface area contributed by atoms with Crippen molar-refractivity contribution in [1.29, 1.82) is 0 Å². The van der Waals surface area contributed by atoms with Crippen molar-refractivity contribution in [3.05, 3.63) is 58.7 Å². The first-order chi connectivity index (χ1) is 15.4. The monoisotopic (exact) mass is 452 g/mol. The third-order valence-electron chi connectivity index (χ3n) is 6.83. The van der Waals surface area contributed by atoms with Gasteiger partial charge in [0, 0.05) is 35.7 Å². The summed E-state index contributed by atoms with van der Waals surface area (Å²) in [5.41, 5.74) is 6.99. The van der Waals surface area contributed by atoms with Gasteiger partial charge in [0.05, 0.1) is 11.4 Å². The third kappa shape index (κ3) is 4.03. The molecule has 0 bridgehead atoms. The predicted molar refractivity (Wildman–Crippen MR) is 123 cm³/mol. The Morgan fingerprint density at radius 2 is 2.03 bits per heavy atom. The molecule has 1 aromatic carbocycles. The molecule has 1 amide bonds. The molecule has 2 aliphatic carbocycles. The van der Waals surface area contributed by atoms with Gasteiger partial charge in [-0.3, -0.25) is 4.79 Å². The van der Waals surface area contributed by atoms with Crippen LogP contribution in [-0.4, -0.2) is 47.8 Å². The fourth-order valence-corrected chi connectivity index (χ4v) is 5.95. The molecule has 2 N–H and O–H groups in total. The molecule has 8 heteroatoms. The Kier molecular flexibility index (Phi) is 5.49. The van der Waals surface area contributed by atoms with Crippen molar-refractivity contribution in [2.24, 2.45) is 5.92 Å². The van der Waals surface area contributed by atoms with Gasteiger partial charge in [0.2, 0.25) is 5.91 Å². The zero-order valence-corrected chi connectivity index (χ0v) is 19.0. The lowest BCUT2D eigenvalue weighted by atomic mass is 9.84. The van der Waals surface area contributed by atoms with Crippen LogP contribution in [0.5, 0.6) is 0 Å². The van der Waals surface area contributed by atoms with Crippen molar-refractivity contribution in [2.75, 3.05) is 18.6 Å². The minimum Gasteiger partial charge on any atom is -0.356 e. The molecule has 2 aliphatic rings. The number of benzene rings is 1. The summed E-state index contributed by atoms with van der Waals surface area (Å²) in [6.07, 6.45) is 7.62. The summed E-state index contributed by atoms with van der Waals surface area (Å²) in [5, 5.41) is 4.02. The van der Waals surface area contributed by atoms with Gasteiger partial charge in [-0.2, -0.15) is 0 Å². The Balaban J connectivity index is 1.39. The molecule has 32 heavy (non-hydrogen) atoms. The van der Waals surface area contributed by atoms with E-state index in [1.165, 1.54) is 22.9 Å². The van der Waals surface area contributed by atoms with Crippen LogP contribution in [0, 0.1) is 5.92 Å². The van der Waals surface area contributed by atoms with E-state index < -0.39 is 9.84 Å². The summed E-state index contributed by atoms with van der Waals surface area (Å²) in [4.78, 5) is 25.5. The molecule has 2 unspecified atom stereocenters. The Hall–Kier alpha value is -2.74. The number of hydrogen-bond acceptors (Lipinski definition) is 5. The third-order valence-corrected chi connectivity index (χ3v) is 7.86. The first kappa shape index (κ1) is 21.1. The minimum absolute atomic E-state index is 0.00288. The zero-order chi connectivity index (χ0) is 22.3. The smallest absolute Gasteiger partial charge is 0.223 e. The van der Waals surface area contributed by atoms with E-state index in [1.54, 1.807) is 6.33 Å². The van der Waals surface area contributed by atoms with Crippen LogP contribution in [0.1, 0.15) is 53.3 Å². The molecule has 2 atom stereocenters. The lowest BCUT2D eigenvalue weighted by Crippen LogP contribution is -2.35. The van der Waals surface area contributed by atoms with Crippen LogP contribution in [0.2, 0.25) is 0 Å². The summed E-state index contributed by atoms with van der Waals surface area (Å²) in [7, 11) is -3.01. The molecule has 0 radical (unpaired) electrons. The SMILES string of the molecule is CS(=O)(=O)CCCNC(=O)C1CCc2[nH]c3ncnc(C4CCc5ccccc54)c3c2C1. The number of rotatable bonds is 6. The standard InChI is InChI=1S/C24H28N4O3S/c1-32(30,31)12-4-11-25-24(29)16-8-10-20-19(13-16)21-22(26-14-27-23(21)28-20)18-9-7-15-5-2-3-6-17(15)18/h2-3,5-6,14,16,18H,4,7-13H2,1H3,(H,25,29)(H,26,27,28). The van der Waals surface area contributed by atoms with Gasteiger partial charge in [0.25, 0.3) is 0 Å². The second-order valence-corrected chi connectivity index (χ2v) is 11.3. The first-order valence-corrected chi connectivity index (χ1v) is 13.3. The molecule has 3 aromatic rings. The number of aromatic amines is 1. The van der Waals surface area contributed by atoms with Gasteiger partial charge in [-0.25, -0.2) is 18.4 Å². The number of amides is 1. The molecule has 0 spiro atoms. The minimum atomic E-state index is -3.01. The van der Waals surface area contributed by atoms with Gasteiger partial charge in [0.1, 0.15) is 21.8 Å². The van der Waals surface area contributed by atoms with Crippen molar-refractivity contribution in [3.8, 4) is 0 Å². The van der Waals surface area contributed by atoms with Crippen molar-refractivity contribution in [3.63, 3.8) is 0 Å². The number of nitrogens with zero attached hydrogens (tertiary/aromatic N) is 2. The topological polar surface area (TPSA) is 105 Å². The van der Waals surface area contributed by atoms with Gasteiger partial charge in [-0.15, -0.1) is 0 Å². The van der Waals surface area contributed by atoms with E-state index in [0.717, 1.165) is 48.1 Å². The predicted octanol–water partition coefficient (Wildman–Crippen LogP) is 2.69. The average molecular weight is 453 g/mol. The van der Waals surface area contributed by atoms with Gasteiger partial charge >= 0.3 is 0 Å². The molecule has 7 nitrogen and oxygen atoms in total. The van der Waals surface area contributed by atoms with Crippen molar-refractivity contribution >= 4 is 26.8 Å². The van der Waals surface area contributed by atoms with E-state index in [-0.39, 0.29) is 23.5 Å². The van der Waals surface area contributed by atoms with Crippen molar-refractivity contribution < 1.29 is 13.2 Å². The molecule has 5 rings (SSSR count). The summed E-state index contributed by atoms with van der Waals surface area (Å²) in [6.45, 7) is 0.385. The number of aryl methyl sites for hydroxylation is 2. The highest BCUT2D eigenvalue weighted by Crippen LogP contribution is 2.42. The van der Waals surface area contributed by atoms with E-state index in [4.69, 9.17) is 4.98 Å². The molecule has 2 heterocycles. The van der Waals surface area contributed by atoms with Crippen LogP contribution >= 0.6 is 0 Å². The number of hydrogen-bond donors (Lipinski definition) is 2. The van der Waals surface area contributed by atoms with Crippen LogP contribution < -0.4 is 5.32 Å². The highest BCUT2D eigenvalue weighted by molar-refractivity contribution is 7.90. The summed E-state index contributed by atoms with van der Waals surface area (Å²) in [6, 6.07) is 8.58. The van der Waals surface area contributed by atoms with Crippen LogP contribution in [0.4, 0.5) is 0 Å². The fraction of sp³-hybridized carbons (Fsp3) is 0.458. The lowest BCUT2D eigenvalue weighted by molar-refractivity contribution is -0.125. The molecule has 2 aromatic heterocycles. The maximum absolute atomic E-state index is 12.8. The Morgan fingerprint density at radius 3 is 2.88 bits per heavy atom. The number of carbonyl (C=O) groups excluding carboxylic acids is 1. The summed E-state index contributed by atoms with van der Waals surface area (Å²) < 4.78 is 22.6.